The standard InChI is InChI=1S/C14H24N4O/c1-5-12-17-13(15-4)9(3)14(18-12)16-10-7-11(8-10)19-6-2/h10-11H,5-8H2,1-4H3,(H2,15,16,17,18). The molecule has 0 atom stereocenters. The Balaban J connectivity index is 2.04. The van der Waals surface area contributed by atoms with Gasteiger partial charge in [0.1, 0.15) is 17.5 Å². The minimum Gasteiger partial charge on any atom is -0.378 e. The first-order chi connectivity index (χ1) is 9.17. The molecule has 0 unspecified atom stereocenters. The fraction of sp³-hybridized carbons (Fsp3) is 0.714. The Labute approximate surface area is 115 Å². The third-order valence-corrected chi connectivity index (χ3v) is 3.58. The van der Waals surface area contributed by atoms with E-state index in [0.717, 1.165) is 48.9 Å². The maximum absolute atomic E-state index is 5.58. The number of anilines is 2. The molecule has 5 heteroatoms. The highest BCUT2D eigenvalue weighted by Gasteiger charge is 2.30. The molecule has 0 aliphatic heterocycles. The summed E-state index contributed by atoms with van der Waals surface area (Å²) >= 11 is 0. The molecule has 0 saturated heterocycles. The molecule has 1 saturated carbocycles. The van der Waals surface area contributed by atoms with Crippen molar-refractivity contribution in [2.24, 2.45) is 0 Å². The van der Waals surface area contributed by atoms with Crippen molar-refractivity contribution in [3.05, 3.63) is 11.4 Å². The van der Waals surface area contributed by atoms with Crippen molar-refractivity contribution in [3.63, 3.8) is 0 Å². The Hall–Kier alpha value is -1.36. The summed E-state index contributed by atoms with van der Waals surface area (Å²) in [5.41, 5.74) is 1.08. The molecule has 19 heavy (non-hydrogen) atoms. The molecule has 1 aromatic heterocycles. The summed E-state index contributed by atoms with van der Waals surface area (Å²) in [4.78, 5) is 9.07. The fourth-order valence-electron chi connectivity index (χ4n) is 2.35. The van der Waals surface area contributed by atoms with Crippen LogP contribution in [-0.2, 0) is 11.2 Å². The first kappa shape index (κ1) is 14.1. The molecule has 1 aliphatic carbocycles. The van der Waals surface area contributed by atoms with Gasteiger partial charge in [-0.3, -0.25) is 0 Å². The summed E-state index contributed by atoms with van der Waals surface area (Å²) in [6.07, 6.45) is 3.39. The predicted molar refractivity (Wildman–Crippen MR) is 77.8 cm³/mol. The minimum atomic E-state index is 0.416. The van der Waals surface area contributed by atoms with Crippen LogP contribution in [0.3, 0.4) is 0 Å². The first-order valence-corrected chi connectivity index (χ1v) is 7.11. The van der Waals surface area contributed by atoms with Crippen molar-refractivity contribution in [1.29, 1.82) is 0 Å². The molecule has 1 heterocycles. The average Bonchev–Trinajstić information content (AvgIpc) is 2.38. The summed E-state index contributed by atoms with van der Waals surface area (Å²) in [7, 11) is 1.90. The van der Waals surface area contributed by atoms with E-state index in [1.807, 2.05) is 20.9 Å². The number of aryl methyl sites for hydroxylation is 1. The van der Waals surface area contributed by atoms with Gasteiger partial charge in [-0.15, -0.1) is 0 Å². The lowest BCUT2D eigenvalue weighted by Gasteiger charge is -2.36. The van der Waals surface area contributed by atoms with Gasteiger partial charge >= 0.3 is 0 Å². The predicted octanol–water partition coefficient (Wildman–Crippen LogP) is 2.37. The zero-order valence-electron chi connectivity index (χ0n) is 12.3. The number of nitrogens with zero attached hydrogens (tertiary/aromatic N) is 2. The molecule has 2 N–H and O–H groups in total. The van der Waals surface area contributed by atoms with Crippen LogP contribution >= 0.6 is 0 Å². The summed E-state index contributed by atoms with van der Waals surface area (Å²) < 4.78 is 5.58. The smallest absolute Gasteiger partial charge is 0.134 e. The lowest BCUT2D eigenvalue weighted by molar-refractivity contribution is 0.00291. The highest BCUT2D eigenvalue weighted by molar-refractivity contribution is 5.57. The Morgan fingerprint density at radius 2 is 1.89 bits per heavy atom. The van der Waals surface area contributed by atoms with Crippen LogP contribution in [0.25, 0.3) is 0 Å². The molecule has 0 aromatic carbocycles. The van der Waals surface area contributed by atoms with Crippen molar-refractivity contribution in [1.82, 2.24) is 9.97 Å². The van der Waals surface area contributed by atoms with E-state index in [1.54, 1.807) is 0 Å². The summed E-state index contributed by atoms with van der Waals surface area (Å²) in [5, 5.41) is 6.65. The zero-order valence-corrected chi connectivity index (χ0v) is 12.3. The van der Waals surface area contributed by atoms with Gasteiger partial charge in [-0.05, 0) is 26.7 Å². The molecule has 2 rings (SSSR count). The highest BCUT2D eigenvalue weighted by atomic mass is 16.5. The van der Waals surface area contributed by atoms with Gasteiger partial charge in [0, 0.05) is 31.7 Å². The van der Waals surface area contributed by atoms with E-state index in [2.05, 4.69) is 27.5 Å². The van der Waals surface area contributed by atoms with E-state index in [9.17, 15) is 0 Å². The number of hydrogen-bond acceptors (Lipinski definition) is 5. The van der Waals surface area contributed by atoms with Crippen molar-refractivity contribution >= 4 is 11.6 Å². The van der Waals surface area contributed by atoms with Crippen LogP contribution < -0.4 is 10.6 Å². The van der Waals surface area contributed by atoms with Crippen molar-refractivity contribution in [2.45, 2.75) is 52.2 Å². The van der Waals surface area contributed by atoms with E-state index in [1.165, 1.54) is 0 Å². The maximum atomic E-state index is 5.58. The van der Waals surface area contributed by atoms with E-state index in [0.29, 0.717) is 12.1 Å². The van der Waals surface area contributed by atoms with E-state index < -0.39 is 0 Å². The van der Waals surface area contributed by atoms with Gasteiger partial charge in [0.2, 0.25) is 0 Å². The van der Waals surface area contributed by atoms with Crippen LogP contribution in [0, 0.1) is 6.92 Å². The second-order valence-electron chi connectivity index (χ2n) is 4.96. The second kappa shape index (κ2) is 6.19. The van der Waals surface area contributed by atoms with Crippen LogP contribution in [0.15, 0.2) is 0 Å². The van der Waals surface area contributed by atoms with Gasteiger partial charge in [-0.1, -0.05) is 6.92 Å². The van der Waals surface area contributed by atoms with Gasteiger partial charge < -0.3 is 15.4 Å². The molecule has 106 valence electrons. The number of nitrogens with one attached hydrogen (secondary N) is 2. The van der Waals surface area contributed by atoms with Crippen LogP contribution in [0.5, 0.6) is 0 Å². The SMILES string of the molecule is CCOC1CC(Nc2nc(CC)nc(NC)c2C)C1. The van der Waals surface area contributed by atoms with Gasteiger partial charge in [0.05, 0.1) is 6.10 Å². The zero-order chi connectivity index (χ0) is 13.8. The quantitative estimate of drug-likeness (QED) is 0.826. The molecule has 1 aliphatic rings. The third-order valence-electron chi connectivity index (χ3n) is 3.58. The van der Waals surface area contributed by atoms with Crippen LogP contribution in [-0.4, -0.2) is 35.8 Å². The highest BCUT2D eigenvalue weighted by Crippen LogP contribution is 2.28. The molecular weight excluding hydrogens is 240 g/mol. The number of hydrogen-bond donors (Lipinski definition) is 2. The molecule has 0 bridgehead atoms. The van der Waals surface area contributed by atoms with Crippen molar-refractivity contribution < 1.29 is 4.74 Å². The monoisotopic (exact) mass is 264 g/mol. The summed E-state index contributed by atoms with van der Waals surface area (Å²) in [6, 6.07) is 0.472. The molecule has 0 amide bonds. The first-order valence-electron chi connectivity index (χ1n) is 7.11. The second-order valence-corrected chi connectivity index (χ2v) is 4.96. The van der Waals surface area contributed by atoms with Crippen LogP contribution in [0.2, 0.25) is 0 Å². The molecule has 1 fully saturated rings. The van der Waals surface area contributed by atoms with Crippen molar-refractivity contribution in [2.75, 3.05) is 24.3 Å². The molecular formula is C14H24N4O. The number of ether oxygens (including phenoxy) is 1. The van der Waals surface area contributed by atoms with E-state index in [4.69, 9.17) is 4.74 Å². The van der Waals surface area contributed by atoms with Gasteiger partial charge in [-0.25, -0.2) is 9.97 Å². The largest absolute Gasteiger partial charge is 0.378 e. The van der Waals surface area contributed by atoms with Crippen LogP contribution in [0.1, 0.15) is 38.1 Å². The fourth-order valence-corrected chi connectivity index (χ4v) is 2.35. The van der Waals surface area contributed by atoms with Crippen molar-refractivity contribution in [3.8, 4) is 0 Å². The lowest BCUT2D eigenvalue weighted by atomic mass is 9.89. The Bertz CT molecular complexity index is 430. The average molecular weight is 264 g/mol. The lowest BCUT2D eigenvalue weighted by Crippen LogP contribution is -2.41. The van der Waals surface area contributed by atoms with Gasteiger partial charge in [0.25, 0.3) is 0 Å². The third kappa shape index (κ3) is 3.15. The number of rotatable bonds is 6. The Morgan fingerprint density at radius 1 is 1.21 bits per heavy atom. The molecule has 0 radical (unpaired) electrons. The minimum absolute atomic E-state index is 0.416. The van der Waals surface area contributed by atoms with E-state index in [-0.39, 0.29) is 0 Å². The van der Waals surface area contributed by atoms with Gasteiger partial charge in [-0.2, -0.15) is 0 Å². The number of aromatic nitrogens is 2. The summed E-state index contributed by atoms with van der Waals surface area (Å²) in [6.45, 7) is 6.96. The molecule has 0 spiro atoms. The Morgan fingerprint density at radius 3 is 2.47 bits per heavy atom. The van der Waals surface area contributed by atoms with E-state index >= 15 is 0 Å². The maximum Gasteiger partial charge on any atom is 0.134 e. The molecule has 1 aromatic rings. The Kier molecular flexibility index (Phi) is 4.58. The van der Waals surface area contributed by atoms with Crippen LogP contribution in [0.4, 0.5) is 11.6 Å². The topological polar surface area (TPSA) is 59.1 Å². The summed E-state index contributed by atoms with van der Waals surface area (Å²) in [5.74, 6) is 2.74. The van der Waals surface area contributed by atoms with Gasteiger partial charge in [0.15, 0.2) is 0 Å². The molecule has 5 nitrogen and oxygen atoms in total. The normalized spacial score (nSPS) is 21.9.